The Balaban J connectivity index is 1.78. The van der Waals surface area contributed by atoms with Gasteiger partial charge in [0.05, 0.1) is 11.2 Å². The van der Waals surface area contributed by atoms with E-state index in [0.29, 0.717) is 11.8 Å². The van der Waals surface area contributed by atoms with E-state index in [-0.39, 0.29) is 0 Å². The molecule has 0 unspecified atom stereocenters. The minimum absolute atomic E-state index is 0.416. The quantitative estimate of drug-likeness (QED) is 0.210. The second-order valence-corrected chi connectivity index (χ2v) is 9.54. The molecule has 0 radical (unpaired) electrons. The number of fused-ring (bicyclic) bond motifs is 7. The average Bonchev–Trinajstić information content (AvgIpc) is 3.28. The van der Waals surface area contributed by atoms with E-state index >= 15 is 0 Å². The van der Waals surface area contributed by atoms with Crippen LogP contribution in [-0.2, 0) is 0 Å². The summed E-state index contributed by atoms with van der Waals surface area (Å²) in [6.45, 7) is 9.04. The molecule has 0 N–H and O–H groups in total. The smallest absolute Gasteiger partial charge is 0.147 e. The molecular weight excluding hydrogens is 402 g/mol. The molecule has 6 rings (SSSR count). The van der Waals surface area contributed by atoms with Crippen molar-refractivity contribution < 1.29 is 0 Å². The van der Waals surface area contributed by atoms with Gasteiger partial charge in [-0.05, 0) is 40.5 Å². The fourth-order valence-corrected chi connectivity index (χ4v) is 5.10. The van der Waals surface area contributed by atoms with Gasteiger partial charge in [0, 0.05) is 27.9 Å². The van der Waals surface area contributed by atoms with Crippen molar-refractivity contribution >= 4 is 38.4 Å². The van der Waals surface area contributed by atoms with E-state index in [2.05, 4.69) is 105 Å². The lowest BCUT2D eigenvalue weighted by molar-refractivity contribution is 0.837. The van der Waals surface area contributed by atoms with Crippen LogP contribution in [0.2, 0.25) is 0 Å². The summed E-state index contributed by atoms with van der Waals surface area (Å²) in [4.78, 5) is 10.4. The van der Waals surface area contributed by atoms with Crippen molar-refractivity contribution in [3.8, 4) is 11.3 Å². The first kappa shape index (κ1) is 19.9. The zero-order valence-corrected chi connectivity index (χ0v) is 19.5. The van der Waals surface area contributed by atoms with Crippen molar-refractivity contribution in [3.63, 3.8) is 0 Å². The largest absolute Gasteiger partial charge is 0.283 e. The van der Waals surface area contributed by atoms with Gasteiger partial charge in [0.1, 0.15) is 11.3 Å². The molecule has 3 nitrogen and oxygen atoms in total. The fraction of sp³-hybridized carbons (Fsp3) is 0.200. The highest BCUT2D eigenvalue weighted by Crippen LogP contribution is 2.38. The van der Waals surface area contributed by atoms with Gasteiger partial charge in [0.15, 0.2) is 0 Å². The van der Waals surface area contributed by atoms with Gasteiger partial charge in [0.25, 0.3) is 0 Å². The number of hydrogen-bond donors (Lipinski definition) is 0. The topological polar surface area (TPSA) is 30.2 Å². The predicted molar refractivity (Wildman–Crippen MR) is 139 cm³/mol. The first-order valence-electron chi connectivity index (χ1n) is 11.8. The Morgan fingerprint density at radius 2 is 1.27 bits per heavy atom. The maximum absolute atomic E-state index is 5.25. The Bertz CT molecular complexity index is 1650. The first-order chi connectivity index (χ1) is 16.0. The molecule has 0 saturated heterocycles. The number of nitrogens with zero attached hydrogens (tertiary/aromatic N) is 3. The molecule has 0 fully saturated rings. The second kappa shape index (κ2) is 7.41. The van der Waals surface area contributed by atoms with E-state index in [9.17, 15) is 0 Å². The Labute approximate surface area is 193 Å². The molecule has 162 valence electrons. The van der Waals surface area contributed by atoms with Gasteiger partial charge in [-0.25, -0.2) is 9.97 Å². The maximum atomic E-state index is 5.25. The van der Waals surface area contributed by atoms with E-state index in [1.54, 1.807) is 0 Å². The average molecular weight is 430 g/mol. The van der Waals surface area contributed by atoms with Crippen LogP contribution >= 0.6 is 0 Å². The minimum Gasteiger partial charge on any atom is -0.283 e. The zero-order valence-electron chi connectivity index (χ0n) is 19.5. The monoisotopic (exact) mass is 429 g/mol. The van der Waals surface area contributed by atoms with Crippen LogP contribution in [0.3, 0.4) is 0 Å². The molecule has 3 aromatic carbocycles. The number of aromatic nitrogens is 3. The lowest BCUT2D eigenvalue weighted by Gasteiger charge is -2.18. The zero-order chi connectivity index (χ0) is 22.7. The molecule has 0 aliphatic carbocycles. The Hall–Kier alpha value is -3.72. The van der Waals surface area contributed by atoms with Gasteiger partial charge in [-0.3, -0.25) is 4.40 Å². The molecule has 0 aliphatic heterocycles. The molecule has 0 atom stereocenters. The first-order valence-corrected chi connectivity index (χ1v) is 11.8. The normalized spacial score (nSPS) is 12.2. The Kier molecular flexibility index (Phi) is 4.48. The highest BCUT2D eigenvalue weighted by Gasteiger charge is 2.20. The maximum Gasteiger partial charge on any atom is 0.147 e. The molecule has 0 bridgehead atoms. The summed E-state index contributed by atoms with van der Waals surface area (Å²) in [6, 6.07) is 25.8. The second-order valence-electron chi connectivity index (χ2n) is 9.54. The lowest BCUT2D eigenvalue weighted by Crippen LogP contribution is -1.99. The summed E-state index contributed by atoms with van der Waals surface area (Å²) in [5.74, 6) is 0.832. The third-order valence-corrected chi connectivity index (χ3v) is 6.73. The van der Waals surface area contributed by atoms with Crippen LogP contribution in [0.25, 0.3) is 49.6 Å². The van der Waals surface area contributed by atoms with Crippen molar-refractivity contribution in [2.45, 2.75) is 39.5 Å². The molecule has 3 aromatic heterocycles. The van der Waals surface area contributed by atoms with Gasteiger partial charge in [-0.1, -0.05) is 88.4 Å². The number of pyridine rings is 2. The number of imidazole rings is 1. The van der Waals surface area contributed by atoms with Crippen LogP contribution in [0.4, 0.5) is 0 Å². The minimum atomic E-state index is 0.416. The standard InChI is InChI=1S/C30H27N3/c1-18(2)21-13-9-14-22(19(3)4)28(21)27-17-33-29(32-27)24-12-7-6-11-23(24)25-16-20-10-5-8-15-26(20)31-30(25)33/h5-19H,1-4H3. The van der Waals surface area contributed by atoms with Gasteiger partial charge < -0.3 is 0 Å². The molecule has 0 spiro atoms. The van der Waals surface area contributed by atoms with Crippen molar-refractivity contribution in [1.82, 2.24) is 14.4 Å². The van der Waals surface area contributed by atoms with Crippen molar-refractivity contribution in [2.24, 2.45) is 0 Å². The van der Waals surface area contributed by atoms with Gasteiger partial charge in [0.2, 0.25) is 0 Å². The third kappa shape index (κ3) is 3.03. The van der Waals surface area contributed by atoms with Gasteiger partial charge in [-0.2, -0.15) is 0 Å². The van der Waals surface area contributed by atoms with E-state index in [1.165, 1.54) is 22.1 Å². The van der Waals surface area contributed by atoms with E-state index < -0.39 is 0 Å². The summed E-state index contributed by atoms with van der Waals surface area (Å²) < 4.78 is 2.20. The van der Waals surface area contributed by atoms with Crippen molar-refractivity contribution in [2.75, 3.05) is 0 Å². The number of benzene rings is 3. The van der Waals surface area contributed by atoms with Crippen LogP contribution in [0.1, 0.15) is 50.7 Å². The summed E-state index contributed by atoms with van der Waals surface area (Å²) in [5.41, 5.74) is 7.90. The third-order valence-electron chi connectivity index (χ3n) is 6.73. The van der Waals surface area contributed by atoms with Crippen LogP contribution in [0.5, 0.6) is 0 Å². The molecule has 3 heteroatoms. The molecular formula is C30H27N3. The molecule has 6 aromatic rings. The summed E-state index contributed by atoms with van der Waals surface area (Å²) in [6.07, 6.45) is 2.19. The molecule has 0 saturated carbocycles. The van der Waals surface area contributed by atoms with E-state index in [1.807, 2.05) is 6.07 Å². The molecule has 33 heavy (non-hydrogen) atoms. The highest BCUT2D eigenvalue weighted by atomic mass is 15.1. The Morgan fingerprint density at radius 1 is 0.636 bits per heavy atom. The van der Waals surface area contributed by atoms with Crippen molar-refractivity contribution in [3.05, 3.63) is 90.1 Å². The number of rotatable bonds is 3. The van der Waals surface area contributed by atoms with Crippen LogP contribution in [-0.4, -0.2) is 14.4 Å². The summed E-state index contributed by atoms with van der Waals surface area (Å²) >= 11 is 0. The van der Waals surface area contributed by atoms with E-state index in [0.717, 1.165) is 38.7 Å². The molecule has 0 amide bonds. The molecule has 0 aliphatic rings. The predicted octanol–water partition coefficient (Wildman–Crippen LogP) is 8.10. The SMILES string of the molecule is CC(C)c1cccc(C(C)C)c1-c1cn2c(n1)c1ccccc1c1cc3ccccc3nc12. The number of para-hydroxylation sites is 1. The number of hydrogen-bond acceptors (Lipinski definition) is 2. The summed E-state index contributed by atoms with van der Waals surface area (Å²) in [5, 5.41) is 4.65. The van der Waals surface area contributed by atoms with Crippen molar-refractivity contribution in [1.29, 1.82) is 0 Å². The highest BCUT2D eigenvalue weighted by molar-refractivity contribution is 6.13. The van der Waals surface area contributed by atoms with Crippen LogP contribution in [0, 0.1) is 0 Å². The van der Waals surface area contributed by atoms with Gasteiger partial charge >= 0.3 is 0 Å². The molecule has 3 heterocycles. The lowest BCUT2D eigenvalue weighted by atomic mass is 9.87. The van der Waals surface area contributed by atoms with E-state index in [4.69, 9.17) is 9.97 Å². The Morgan fingerprint density at radius 3 is 2.00 bits per heavy atom. The van der Waals surface area contributed by atoms with Gasteiger partial charge in [-0.15, -0.1) is 0 Å². The fourth-order valence-electron chi connectivity index (χ4n) is 5.10. The van der Waals surface area contributed by atoms with Crippen LogP contribution < -0.4 is 0 Å². The summed E-state index contributed by atoms with van der Waals surface area (Å²) in [7, 11) is 0. The van der Waals surface area contributed by atoms with Crippen LogP contribution in [0.15, 0.2) is 79.0 Å².